The number of Topliss-reactive ketones (excluding diaryl/α,β-unsaturated/α-hetero) is 1. The molecule has 10 heteroatoms. The van der Waals surface area contributed by atoms with Gasteiger partial charge >= 0.3 is 0 Å². The highest BCUT2D eigenvalue weighted by atomic mass is 32.2. The number of aliphatic hydroxyl groups is 1. The Morgan fingerprint density at radius 3 is 2.26 bits per heavy atom. The number of ether oxygens (including phenoxy) is 1. The van der Waals surface area contributed by atoms with E-state index in [1.165, 1.54) is 64.8 Å². The number of likely N-dealkylation sites (tertiary alicyclic amines) is 1. The number of ketones is 1. The molecule has 2 aromatic carbocycles. The van der Waals surface area contributed by atoms with Crippen molar-refractivity contribution in [1.29, 1.82) is 0 Å². The van der Waals surface area contributed by atoms with Crippen LogP contribution in [0.5, 0.6) is 0 Å². The molecule has 4 rings (SSSR count). The van der Waals surface area contributed by atoms with Gasteiger partial charge in [-0.2, -0.15) is 4.31 Å². The maximum atomic E-state index is 13.5. The Hall–Kier alpha value is -3.08. The van der Waals surface area contributed by atoms with Crippen molar-refractivity contribution in [1.82, 2.24) is 9.21 Å². The second-order valence-corrected chi connectivity index (χ2v) is 10.5. The van der Waals surface area contributed by atoms with Crippen LogP contribution in [0.1, 0.15) is 36.4 Å². The van der Waals surface area contributed by atoms with Gasteiger partial charge in [0.05, 0.1) is 23.1 Å². The van der Waals surface area contributed by atoms with Gasteiger partial charge in [-0.05, 0) is 54.8 Å². The second kappa shape index (κ2) is 10.3. The van der Waals surface area contributed by atoms with Gasteiger partial charge < -0.3 is 14.7 Å². The molecule has 2 aliphatic heterocycles. The topological polar surface area (TPSA) is 104 Å². The molecule has 35 heavy (non-hydrogen) atoms. The molecule has 0 aliphatic carbocycles. The number of methoxy groups -OCH3 is 1. The summed E-state index contributed by atoms with van der Waals surface area (Å²) in [6, 6.07) is 9.98. The van der Waals surface area contributed by atoms with Crippen LogP contribution in [0.2, 0.25) is 0 Å². The fourth-order valence-electron chi connectivity index (χ4n) is 4.49. The first kappa shape index (κ1) is 25.0. The number of piperidine rings is 1. The van der Waals surface area contributed by atoms with Crippen molar-refractivity contribution < 1.29 is 32.2 Å². The van der Waals surface area contributed by atoms with Crippen LogP contribution < -0.4 is 0 Å². The third-order valence-corrected chi connectivity index (χ3v) is 8.26. The van der Waals surface area contributed by atoms with Crippen molar-refractivity contribution in [2.45, 2.75) is 30.2 Å². The van der Waals surface area contributed by atoms with E-state index in [4.69, 9.17) is 4.74 Å². The Morgan fingerprint density at radius 2 is 1.66 bits per heavy atom. The van der Waals surface area contributed by atoms with E-state index < -0.39 is 39.3 Å². The van der Waals surface area contributed by atoms with Gasteiger partial charge in [-0.3, -0.25) is 9.59 Å². The summed E-state index contributed by atoms with van der Waals surface area (Å²) in [5.74, 6) is -2.59. The molecule has 0 saturated carbocycles. The summed E-state index contributed by atoms with van der Waals surface area (Å²) >= 11 is 0. The summed E-state index contributed by atoms with van der Waals surface area (Å²) in [6.07, 6.45) is 2.62. The van der Waals surface area contributed by atoms with Gasteiger partial charge in [0.25, 0.3) is 11.7 Å². The molecule has 1 atom stereocenters. The van der Waals surface area contributed by atoms with Gasteiger partial charge in [-0.1, -0.05) is 18.6 Å². The van der Waals surface area contributed by atoms with Crippen molar-refractivity contribution in [2.75, 3.05) is 33.4 Å². The summed E-state index contributed by atoms with van der Waals surface area (Å²) in [6.45, 7) is 1.18. The van der Waals surface area contributed by atoms with Gasteiger partial charge in [0.1, 0.15) is 11.6 Å². The average Bonchev–Trinajstić information content (AvgIpc) is 3.13. The van der Waals surface area contributed by atoms with Gasteiger partial charge in [0.2, 0.25) is 10.0 Å². The Bertz CT molecular complexity index is 1240. The molecular weight excluding hydrogens is 475 g/mol. The number of hydrogen-bond acceptors (Lipinski definition) is 6. The maximum Gasteiger partial charge on any atom is 0.295 e. The molecule has 2 aromatic rings. The first-order chi connectivity index (χ1) is 16.8. The van der Waals surface area contributed by atoms with Crippen LogP contribution in [0.3, 0.4) is 0 Å². The van der Waals surface area contributed by atoms with E-state index in [0.29, 0.717) is 18.7 Å². The summed E-state index contributed by atoms with van der Waals surface area (Å²) < 4.78 is 45.9. The molecular formula is C25H27FN2O6S. The molecule has 2 saturated heterocycles. The van der Waals surface area contributed by atoms with Crippen LogP contribution in [0.15, 0.2) is 59.0 Å². The Morgan fingerprint density at radius 1 is 1.03 bits per heavy atom. The third kappa shape index (κ3) is 4.86. The maximum absolute atomic E-state index is 13.5. The van der Waals surface area contributed by atoms with Gasteiger partial charge in [0, 0.05) is 32.3 Å². The van der Waals surface area contributed by atoms with Crippen LogP contribution in [-0.2, 0) is 24.3 Å². The van der Waals surface area contributed by atoms with E-state index in [9.17, 15) is 27.5 Å². The quantitative estimate of drug-likeness (QED) is 0.355. The number of rotatable bonds is 7. The molecule has 1 N–H and O–H groups in total. The van der Waals surface area contributed by atoms with E-state index in [2.05, 4.69) is 0 Å². The summed E-state index contributed by atoms with van der Waals surface area (Å²) in [4.78, 5) is 27.1. The van der Waals surface area contributed by atoms with E-state index in [1.54, 1.807) is 0 Å². The molecule has 186 valence electrons. The minimum absolute atomic E-state index is 0.0894. The number of carbonyl (C=O) groups excluding carboxylic acids is 2. The number of halogens is 1. The Kier molecular flexibility index (Phi) is 7.34. The molecule has 0 bridgehead atoms. The minimum atomic E-state index is -3.66. The van der Waals surface area contributed by atoms with Gasteiger partial charge in [-0.25, -0.2) is 12.8 Å². The lowest BCUT2D eigenvalue weighted by molar-refractivity contribution is -0.140. The zero-order valence-electron chi connectivity index (χ0n) is 19.3. The zero-order chi connectivity index (χ0) is 25.2. The predicted octanol–water partition coefficient (Wildman–Crippen LogP) is 3.07. The highest BCUT2D eigenvalue weighted by Crippen LogP contribution is 2.39. The lowest BCUT2D eigenvalue weighted by Crippen LogP contribution is -2.35. The average molecular weight is 503 g/mol. The molecule has 1 amide bonds. The van der Waals surface area contributed by atoms with E-state index in [1.807, 2.05) is 0 Å². The lowest BCUT2D eigenvalue weighted by atomic mass is 9.95. The zero-order valence-corrected chi connectivity index (χ0v) is 20.1. The highest BCUT2D eigenvalue weighted by Gasteiger charge is 2.45. The SMILES string of the molecule is COCCN1C(=O)C(=O)/C(=C(/O)c2ccc(S(=O)(=O)N3CCCCC3)cc2)C1c1ccc(F)cc1. The summed E-state index contributed by atoms with van der Waals surface area (Å²) in [5, 5.41) is 11.1. The highest BCUT2D eigenvalue weighted by molar-refractivity contribution is 7.89. The fourth-order valence-corrected chi connectivity index (χ4v) is 6.00. The van der Waals surface area contributed by atoms with E-state index in [-0.39, 0.29) is 29.2 Å². The number of carbonyl (C=O) groups is 2. The first-order valence-electron chi connectivity index (χ1n) is 11.4. The lowest BCUT2D eigenvalue weighted by Gasteiger charge is -2.26. The van der Waals surface area contributed by atoms with Crippen molar-refractivity contribution in [2.24, 2.45) is 0 Å². The number of nitrogens with zero attached hydrogens (tertiary/aromatic N) is 2. The third-order valence-electron chi connectivity index (χ3n) is 6.34. The van der Waals surface area contributed by atoms with Crippen LogP contribution in [-0.4, -0.2) is 67.8 Å². The van der Waals surface area contributed by atoms with Crippen molar-refractivity contribution in [3.8, 4) is 0 Å². The smallest absolute Gasteiger partial charge is 0.295 e. The molecule has 2 aliphatic rings. The number of aliphatic hydroxyl groups excluding tert-OH is 1. The summed E-state index contributed by atoms with van der Waals surface area (Å²) in [5.41, 5.74) is 0.497. The molecule has 1 unspecified atom stereocenters. The predicted molar refractivity (Wildman–Crippen MR) is 126 cm³/mol. The number of hydrogen-bond donors (Lipinski definition) is 1. The van der Waals surface area contributed by atoms with E-state index in [0.717, 1.165) is 19.3 Å². The van der Waals surface area contributed by atoms with Crippen LogP contribution in [0.4, 0.5) is 4.39 Å². The van der Waals surface area contributed by atoms with Crippen molar-refractivity contribution in [3.05, 3.63) is 71.0 Å². The minimum Gasteiger partial charge on any atom is -0.507 e. The van der Waals surface area contributed by atoms with Gasteiger partial charge in [-0.15, -0.1) is 0 Å². The van der Waals surface area contributed by atoms with E-state index >= 15 is 0 Å². The Balaban J connectivity index is 1.73. The normalized spacial score (nSPS) is 21.0. The van der Waals surface area contributed by atoms with Crippen molar-refractivity contribution >= 4 is 27.5 Å². The number of sulfonamides is 1. The molecule has 2 fully saturated rings. The second-order valence-electron chi connectivity index (χ2n) is 8.53. The molecule has 2 heterocycles. The van der Waals surface area contributed by atoms with Gasteiger partial charge in [0.15, 0.2) is 0 Å². The number of benzene rings is 2. The standard InChI is InChI=1S/C25H27FN2O6S/c1-34-16-15-28-22(17-5-9-19(26)10-6-17)21(24(30)25(28)31)23(29)18-7-11-20(12-8-18)35(32,33)27-13-3-2-4-14-27/h5-12,22,29H,2-4,13-16H2,1H3/b23-21+. The first-order valence-corrected chi connectivity index (χ1v) is 12.8. The number of amides is 1. The van der Waals surface area contributed by atoms with Crippen LogP contribution in [0, 0.1) is 5.82 Å². The molecule has 0 spiro atoms. The Labute approximate surface area is 203 Å². The largest absolute Gasteiger partial charge is 0.507 e. The van der Waals surface area contributed by atoms with Crippen molar-refractivity contribution in [3.63, 3.8) is 0 Å². The molecule has 0 radical (unpaired) electrons. The molecule has 8 nitrogen and oxygen atoms in total. The summed E-state index contributed by atoms with van der Waals surface area (Å²) in [7, 11) is -2.20. The molecule has 0 aromatic heterocycles. The van der Waals surface area contributed by atoms with Crippen LogP contribution in [0.25, 0.3) is 5.76 Å². The van der Waals surface area contributed by atoms with Crippen LogP contribution >= 0.6 is 0 Å². The monoisotopic (exact) mass is 502 g/mol. The fraction of sp³-hybridized carbons (Fsp3) is 0.360.